The van der Waals surface area contributed by atoms with Crippen LogP contribution < -0.4 is 0 Å². The van der Waals surface area contributed by atoms with Gasteiger partial charge in [0.25, 0.3) is 0 Å². The van der Waals surface area contributed by atoms with Crippen molar-refractivity contribution in [1.29, 1.82) is 0 Å². The van der Waals surface area contributed by atoms with Crippen LogP contribution in [0.5, 0.6) is 0 Å². The number of carboxylic acids is 1. The second-order valence-electron chi connectivity index (χ2n) is 6.51. The summed E-state index contributed by atoms with van der Waals surface area (Å²) in [4.78, 5) is 35.4. The Hall–Kier alpha value is -1.39. The van der Waals surface area contributed by atoms with Gasteiger partial charge in [0.2, 0.25) is 0 Å². The molecule has 0 aromatic carbocycles. The smallest absolute Gasteiger partial charge is 0.313 e. The molecule has 0 spiro atoms. The lowest BCUT2D eigenvalue weighted by atomic mass is 9.49. The molecule has 5 nitrogen and oxygen atoms in total. The molecule has 2 rings (SSSR count). The van der Waals surface area contributed by atoms with E-state index in [1.807, 2.05) is 6.92 Å². The van der Waals surface area contributed by atoms with Crippen molar-refractivity contribution in [1.82, 2.24) is 0 Å². The predicted molar refractivity (Wildman–Crippen MR) is 71.0 cm³/mol. The quantitative estimate of drug-likeness (QED) is 0.785. The lowest BCUT2D eigenvalue weighted by Gasteiger charge is -2.54. The van der Waals surface area contributed by atoms with Crippen molar-refractivity contribution in [2.45, 2.75) is 59.0 Å². The van der Waals surface area contributed by atoms with E-state index in [4.69, 9.17) is 4.74 Å². The Morgan fingerprint density at radius 3 is 2.50 bits per heavy atom. The van der Waals surface area contributed by atoms with Crippen molar-refractivity contribution in [3.05, 3.63) is 0 Å². The molecule has 0 aromatic rings. The summed E-state index contributed by atoms with van der Waals surface area (Å²) >= 11 is 0. The average Bonchev–Trinajstić information content (AvgIpc) is 2.35. The molecule has 0 amide bonds. The minimum atomic E-state index is -1.19. The minimum absolute atomic E-state index is 0.155. The van der Waals surface area contributed by atoms with Crippen LogP contribution in [-0.4, -0.2) is 28.9 Å². The number of aliphatic carboxylic acids is 1. The van der Waals surface area contributed by atoms with Crippen molar-refractivity contribution in [3.8, 4) is 0 Å². The first kappa shape index (κ1) is 15.0. The summed E-state index contributed by atoms with van der Waals surface area (Å²) in [5.74, 6) is -1.56. The van der Waals surface area contributed by atoms with Gasteiger partial charge in [0.15, 0.2) is 0 Å². The van der Waals surface area contributed by atoms with Crippen molar-refractivity contribution in [3.63, 3.8) is 0 Å². The van der Waals surface area contributed by atoms with Gasteiger partial charge < -0.3 is 9.84 Å². The van der Waals surface area contributed by atoms with E-state index in [0.717, 1.165) is 6.42 Å². The molecular weight excluding hydrogens is 260 g/mol. The van der Waals surface area contributed by atoms with Crippen LogP contribution in [0.2, 0.25) is 0 Å². The Morgan fingerprint density at radius 2 is 1.95 bits per heavy atom. The first-order valence-electron chi connectivity index (χ1n) is 7.17. The van der Waals surface area contributed by atoms with Crippen LogP contribution in [0.3, 0.4) is 0 Å². The fourth-order valence-electron chi connectivity index (χ4n) is 4.16. The molecule has 0 aromatic heterocycles. The lowest BCUT2D eigenvalue weighted by Crippen LogP contribution is -2.60. The Bertz CT molecular complexity index is 457. The number of hydrogen-bond acceptors (Lipinski definition) is 4. The zero-order valence-electron chi connectivity index (χ0n) is 12.3. The number of ketones is 1. The van der Waals surface area contributed by atoms with Crippen molar-refractivity contribution in [2.75, 3.05) is 0 Å². The fourth-order valence-corrected chi connectivity index (χ4v) is 4.16. The van der Waals surface area contributed by atoms with Crippen molar-refractivity contribution >= 4 is 17.7 Å². The van der Waals surface area contributed by atoms with Crippen LogP contribution in [0.4, 0.5) is 0 Å². The highest BCUT2D eigenvalue weighted by Crippen LogP contribution is 2.57. The van der Waals surface area contributed by atoms with Crippen molar-refractivity contribution in [2.24, 2.45) is 16.7 Å². The van der Waals surface area contributed by atoms with Crippen LogP contribution in [-0.2, 0) is 19.1 Å². The van der Waals surface area contributed by atoms with Crippen LogP contribution in [0, 0.1) is 16.7 Å². The maximum absolute atomic E-state index is 12.3. The third kappa shape index (κ3) is 2.03. The molecule has 2 aliphatic carbocycles. The number of carboxylic acid groups (broad SMARTS) is 1. The molecule has 1 N–H and O–H groups in total. The number of rotatable bonds is 2. The average molecular weight is 282 g/mol. The number of carbonyl (C=O) groups excluding carboxylic acids is 2. The molecule has 0 bridgehead atoms. The molecule has 2 fully saturated rings. The largest absolute Gasteiger partial charge is 0.481 e. The second kappa shape index (κ2) is 4.86. The normalized spacial score (nSPS) is 40.9. The van der Waals surface area contributed by atoms with Gasteiger partial charge in [-0.15, -0.1) is 0 Å². The monoisotopic (exact) mass is 282 g/mol. The fraction of sp³-hybridized carbons (Fsp3) is 0.800. The van der Waals surface area contributed by atoms with Crippen LogP contribution >= 0.6 is 0 Å². The second-order valence-corrected chi connectivity index (χ2v) is 6.51. The van der Waals surface area contributed by atoms with Gasteiger partial charge in [-0.2, -0.15) is 0 Å². The summed E-state index contributed by atoms with van der Waals surface area (Å²) in [6.07, 6.45) is 2.32. The molecule has 0 radical (unpaired) electrons. The molecule has 0 unspecified atom stereocenters. The van der Waals surface area contributed by atoms with Gasteiger partial charge in [-0.3, -0.25) is 14.4 Å². The van der Waals surface area contributed by atoms with E-state index >= 15 is 0 Å². The Balaban J connectivity index is 2.43. The first-order valence-corrected chi connectivity index (χ1v) is 7.17. The van der Waals surface area contributed by atoms with Gasteiger partial charge in [-0.25, -0.2) is 0 Å². The van der Waals surface area contributed by atoms with Crippen molar-refractivity contribution < 1.29 is 24.2 Å². The Labute approximate surface area is 118 Å². The van der Waals surface area contributed by atoms with E-state index < -0.39 is 28.9 Å². The van der Waals surface area contributed by atoms with Crippen LogP contribution in [0.15, 0.2) is 0 Å². The van der Waals surface area contributed by atoms with Gasteiger partial charge >= 0.3 is 11.9 Å². The third-order valence-corrected chi connectivity index (χ3v) is 5.39. The SMILES string of the molecule is CC(=O)O[C@H]1CC[C@]2(C)C(=O)CCC[C@H]2[C@@]1(C)C(=O)O. The number of ether oxygens (including phenoxy) is 1. The van der Waals surface area contributed by atoms with E-state index in [1.54, 1.807) is 6.92 Å². The van der Waals surface area contributed by atoms with Gasteiger partial charge in [-0.1, -0.05) is 6.92 Å². The number of esters is 1. The highest BCUT2D eigenvalue weighted by Gasteiger charge is 2.62. The Kier molecular flexibility index (Phi) is 3.65. The lowest BCUT2D eigenvalue weighted by molar-refractivity contribution is -0.191. The van der Waals surface area contributed by atoms with E-state index in [1.165, 1.54) is 6.92 Å². The molecule has 20 heavy (non-hydrogen) atoms. The van der Waals surface area contributed by atoms with E-state index in [9.17, 15) is 19.5 Å². The van der Waals surface area contributed by atoms with Crippen LogP contribution in [0.25, 0.3) is 0 Å². The minimum Gasteiger partial charge on any atom is -0.481 e. The highest BCUT2D eigenvalue weighted by atomic mass is 16.5. The number of carbonyl (C=O) groups is 3. The number of hydrogen-bond donors (Lipinski definition) is 1. The molecule has 2 saturated carbocycles. The molecular formula is C15H22O5. The zero-order chi connectivity index (χ0) is 15.1. The highest BCUT2D eigenvalue weighted by molar-refractivity contribution is 5.88. The molecule has 112 valence electrons. The Morgan fingerprint density at radius 1 is 1.30 bits per heavy atom. The van der Waals surface area contributed by atoms with E-state index in [-0.39, 0.29) is 11.7 Å². The molecule has 4 atom stereocenters. The third-order valence-electron chi connectivity index (χ3n) is 5.39. The number of Topliss-reactive ketones (excluding diaryl/α,β-unsaturated/α-hetero) is 1. The van der Waals surface area contributed by atoms with Gasteiger partial charge in [0.05, 0.1) is 0 Å². The summed E-state index contributed by atoms with van der Waals surface area (Å²) in [7, 11) is 0. The van der Waals surface area contributed by atoms with E-state index in [0.29, 0.717) is 25.7 Å². The van der Waals surface area contributed by atoms with Crippen LogP contribution in [0.1, 0.15) is 52.9 Å². The number of fused-ring (bicyclic) bond motifs is 1. The molecule has 0 heterocycles. The maximum Gasteiger partial charge on any atom is 0.313 e. The standard InChI is InChI=1S/C15H22O5/c1-9(16)20-12-7-8-14(2)10(5-4-6-11(14)17)15(12,3)13(18)19/h10,12H,4-8H2,1-3H3,(H,18,19)/t10-,12+,14+,15-/m1/s1. The molecule has 0 saturated heterocycles. The van der Waals surface area contributed by atoms with Gasteiger partial charge in [0.1, 0.15) is 17.3 Å². The summed E-state index contributed by atoms with van der Waals surface area (Å²) in [5, 5.41) is 9.72. The van der Waals surface area contributed by atoms with E-state index in [2.05, 4.69) is 0 Å². The summed E-state index contributed by atoms with van der Waals surface area (Å²) in [6.45, 7) is 4.80. The topological polar surface area (TPSA) is 80.7 Å². The van der Waals surface area contributed by atoms with Gasteiger partial charge in [-0.05, 0) is 38.5 Å². The van der Waals surface area contributed by atoms with Gasteiger partial charge in [0, 0.05) is 18.8 Å². The predicted octanol–water partition coefficient (Wildman–Crippen LogP) is 2.18. The molecule has 0 aliphatic heterocycles. The first-order chi connectivity index (χ1) is 9.22. The molecule has 2 aliphatic rings. The molecule has 5 heteroatoms. The summed E-state index contributed by atoms with van der Waals surface area (Å²) < 4.78 is 5.27. The summed E-state index contributed by atoms with van der Waals surface area (Å²) in [5.41, 5.74) is -1.78. The zero-order valence-corrected chi connectivity index (χ0v) is 12.3. The maximum atomic E-state index is 12.3. The summed E-state index contributed by atoms with van der Waals surface area (Å²) in [6, 6.07) is 0.